The van der Waals surface area contributed by atoms with Gasteiger partial charge in [-0.3, -0.25) is 4.79 Å². The van der Waals surface area contributed by atoms with Crippen molar-refractivity contribution in [2.24, 2.45) is 5.73 Å². The van der Waals surface area contributed by atoms with Gasteiger partial charge in [0.25, 0.3) is 5.56 Å². The molecule has 1 aromatic heterocycles. The number of halogens is 1. The lowest BCUT2D eigenvalue weighted by atomic mass is 10.2. The molecular formula is C14H16FN3O2. The van der Waals surface area contributed by atoms with Crippen molar-refractivity contribution >= 4 is 0 Å². The topological polar surface area (TPSA) is 70.1 Å². The monoisotopic (exact) mass is 277 g/mol. The standard InChI is InChI=1S/C14H16FN3O2/c1-10(16)9-20-13-6-14(19)18(17-7-13)8-11-3-2-4-12(15)5-11/h2-7,10H,8-9,16H2,1H3. The predicted molar refractivity (Wildman–Crippen MR) is 73.1 cm³/mol. The zero-order valence-electron chi connectivity index (χ0n) is 11.1. The lowest BCUT2D eigenvalue weighted by Crippen LogP contribution is -2.26. The summed E-state index contributed by atoms with van der Waals surface area (Å²) in [6.07, 6.45) is 1.45. The number of nitrogens with zero attached hydrogens (tertiary/aromatic N) is 2. The van der Waals surface area contributed by atoms with Crippen LogP contribution in [0, 0.1) is 5.82 Å². The number of hydrogen-bond donors (Lipinski definition) is 1. The number of aromatic nitrogens is 2. The van der Waals surface area contributed by atoms with Crippen LogP contribution < -0.4 is 16.0 Å². The fourth-order valence-electron chi connectivity index (χ4n) is 1.65. The minimum absolute atomic E-state index is 0.121. The molecule has 0 saturated heterocycles. The predicted octanol–water partition coefficient (Wildman–Crippen LogP) is 1.16. The van der Waals surface area contributed by atoms with Crippen molar-refractivity contribution in [1.82, 2.24) is 9.78 Å². The number of hydrogen-bond acceptors (Lipinski definition) is 4. The van der Waals surface area contributed by atoms with Crippen molar-refractivity contribution in [2.45, 2.75) is 19.5 Å². The third-order valence-electron chi connectivity index (χ3n) is 2.58. The van der Waals surface area contributed by atoms with Gasteiger partial charge in [0, 0.05) is 12.1 Å². The molecule has 0 fully saturated rings. The van der Waals surface area contributed by atoms with Gasteiger partial charge in [0.1, 0.15) is 18.2 Å². The van der Waals surface area contributed by atoms with Crippen molar-refractivity contribution in [1.29, 1.82) is 0 Å². The first-order chi connectivity index (χ1) is 9.54. The minimum atomic E-state index is -0.340. The molecule has 106 valence electrons. The van der Waals surface area contributed by atoms with E-state index in [2.05, 4.69) is 5.10 Å². The molecule has 0 spiro atoms. The molecule has 0 radical (unpaired) electrons. The van der Waals surface area contributed by atoms with Crippen LogP contribution in [0.5, 0.6) is 5.75 Å². The van der Waals surface area contributed by atoms with Crippen molar-refractivity contribution in [2.75, 3.05) is 6.61 Å². The van der Waals surface area contributed by atoms with Gasteiger partial charge in [-0.05, 0) is 24.6 Å². The summed E-state index contributed by atoms with van der Waals surface area (Å²) in [5.41, 5.74) is 5.92. The largest absolute Gasteiger partial charge is 0.490 e. The lowest BCUT2D eigenvalue weighted by molar-refractivity contribution is 0.293. The molecule has 0 aliphatic heterocycles. The minimum Gasteiger partial charge on any atom is -0.490 e. The van der Waals surface area contributed by atoms with Crippen LogP contribution in [-0.2, 0) is 6.54 Å². The molecule has 2 rings (SSSR count). The van der Waals surface area contributed by atoms with Gasteiger partial charge < -0.3 is 10.5 Å². The molecule has 1 heterocycles. The van der Waals surface area contributed by atoms with Gasteiger partial charge in [0.05, 0.1) is 12.7 Å². The number of rotatable bonds is 5. The van der Waals surface area contributed by atoms with E-state index in [0.29, 0.717) is 17.9 Å². The van der Waals surface area contributed by atoms with Crippen molar-refractivity contribution in [3.05, 3.63) is 58.3 Å². The normalized spacial score (nSPS) is 12.2. The zero-order valence-corrected chi connectivity index (χ0v) is 11.1. The molecule has 20 heavy (non-hydrogen) atoms. The van der Waals surface area contributed by atoms with E-state index in [4.69, 9.17) is 10.5 Å². The van der Waals surface area contributed by atoms with E-state index < -0.39 is 0 Å². The Morgan fingerprint density at radius 1 is 1.45 bits per heavy atom. The summed E-state index contributed by atoms with van der Waals surface area (Å²) in [5, 5.41) is 4.00. The Morgan fingerprint density at radius 2 is 2.25 bits per heavy atom. The smallest absolute Gasteiger partial charge is 0.270 e. The Kier molecular flexibility index (Phi) is 4.47. The summed E-state index contributed by atoms with van der Waals surface area (Å²) in [6, 6.07) is 7.27. The van der Waals surface area contributed by atoms with Crippen LogP contribution in [0.3, 0.4) is 0 Å². The maximum atomic E-state index is 13.1. The molecule has 1 unspecified atom stereocenters. The molecule has 0 saturated carbocycles. The first kappa shape index (κ1) is 14.2. The summed E-state index contributed by atoms with van der Waals surface area (Å²) in [7, 11) is 0. The fourth-order valence-corrected chi connectivity index (χ4v) is 1.65. The Bertz CT molecular complexity index is 640. The highest BCUT2D eigenvalue weighted by atomic mass is 19.1. The Labute approximate surface area is 115 Å². The molecule has 0 amide bonds. The summed E-state index contributed by atoms with van der Waals surface area (Å²) in [4.78, 5) is 11.9. The molecule has 0 aliphatic rings. The second kappa shape index (κ2) is 6.29. The highest BCUT2D eigenvalue weighted by Crippen LogP contribution is 2.06. The first-order valence-electron chi connectivity index (χ1n) is 6.24. The van der Waals surface area contributed by atoms with E-state index in [0.717, 1.165) is 0 Å². The number of nitrogens with two attached hydrogens (primary N) is 1. The Balaban J connectivity index is 2.12. The van der Waals surface area contributed by atoms with Gasteiger partial charge in [-0.2, -0.15) is 5.10 Å². The molecule has 2 N–H and O–H groups in total. The van der Waals surface area contributed by atoms with E-state index in [9.17, 15) is 9.18 Å². The Hall–Kier alpha value is -2.21. The third kappa shape index (κ3) is 3.89. The van der Waals surface area contributed by atoms with Crippen LogP contribution in [0.4, 0.5) is 4.39 Å². The molecule has 1 aromatic carbocycles. The number of benzene rings is 1. The average molecular weight is 277 g/mol. The average Bonchev–Trinajstić information content (AvgIpc) is 2.39. The van der Waals surface area contributed by atoms with Crippen LogP contribution >= 0.6 is 0 Å². The van der Waals surface area contributed by atoms with Crippen LogP contribution in [0.1, 0.15) is 12.5 Å². The van der Waals surface area contributed by atoms with E-state index >= 15 is 0 Å². The third-order valence-corrected chi connectivity index (χ3v) is 2.58. The fraction of sp³-hybridized carbons (Fsp3) is 0.286. The maximum Gasteiger partial charge on any atom is 0.270 e. The molecular weight excluding hydrogens is 261 g/mol. The number of ether oxygens (including phenoxy) is 1. The molecule has 2 aromatic rings. The summed E-state index contributed by atoms with van der Waals surface area (Å²) < 4.78 is 19.6. The van der Waals surface area contributed by atoms with Crippen molar-refractivity contribution < 1.29 is 9.13 Å². The van der Waals surface area contributed by atoms with Crippen molar-refractivity contribution in [3.8, 4) is 5.75 Å². The van der Waals surface area contributed by atoms with Crippen LogP contribution in [0.2, 0.25) is 0 Å². The lowest BCUT2D eigenvalue weighted by Gasteiger charge is -2.09. The maximum absolute atomic E-state index is 13.1. The van der Waals surface area contributed by atoms with Crippen molar-refractivity contribution in [3.63, 3.8) is 0 Å². The second-order valence-corrected chi connectivity index (χ2v) is 4.61. The van der Waals surface area contributed by atoms with Gasteiger partial charge in [-0.15, -0.1) is 0 Å². The van der Waals surface area contributed by atoms with Gasteiger partial charge in [-0.1, -0.05) is 12.1 Å². The highest BCUT2D eigenvalue weighted by Gasteiger charge is 2.04. The van der Waals surface area contributed by atoms with E-state index in [1.807, 2.05) is 0 Å². The Morgan fingerprint density at radius 3 is 2.90 bits per heavy atom. The zero-order chi connectivity index (χ0) is 14.5. The van der Waals surface area contributed by atoms with E-state index in [1.54, 1.807) is 19.1 Å². The molecule has 6 heteroatoms. The van der Waals surface area contributed by atoms with Gasteiger partial charge in [0.2, 0.25) is 0 Å². The van der Waals surface area contributed by atoms with Gasteiger partial charge in [-0.25, -0.2) is 9.07 Å². The van der Waals surface area contributed by atoms with Crippen LogP contribution in [0.15, 0.2) is 41.3 Å². The summed E-state index contributed by atoms with van der Waals surface area (Å²) >= 11 is 0. The van der Waals surface area contributed by atoms with E-state index in [-0.39, 0.29) is 24.0 Å². The van der Waals surface area contributed by atoms with E-state index in [1.165, 1.54) is 29.1 Å². The SMILES string of the molecule is CC(N)COc1cnn(Cc2cccc(F)c2)c(=O)c1. The molecule has 0 bridgehead atoms. The molecule has 1 atom stereocenters. The quantitative estimate of drug-likeness (QED) is 0.890. The van der Waals surface area contributed by atoms with Gasteiger partial charge >= 0.3 is 0 Å². The summed E-state index contributed by atoms with van der Waals surface area (Å²) in [5.74, 6) is 0.0372. The summed E-state index contributed by atoms with van der Waals surface area (Å²) in [6.45, 7) is 2.33. The molecule has 5 nitrogen and oxygen atoms in total. The van der Waals surface area contributed by atoms with Crippen LogP contribution in [-0.4, -0.2) is 22.4 Å². The second-order valence-electron chi connectivity index (χ2n) is 4.61. The van der Waals surface area contributed by atoms with Crippen LogP contribution in [0.25, 0.3) is 0 Å². The highest BCUT2D eigenvalue weighted by molar-refractivity contribution is 5.18. The van der Waals surface area contributed by atoms with Gasteiger partial charge in [0.15, 0.2) is 0 Å². The first-order valence-corrected chi connectivity index (χ1v) is 6.24. The molecule has 0 aliphatic carbocycles.